The van der Waals surface area contributed by atoms with Crippen LogP contribution in [0.5, 0.6) is 0 Å². The van der Waals surface area contributed by atoms with E-state index >= 15 is 0 Å². The first-order chi connectivity index (χ1) is 14.9. The highest BCUT2D eigenvalue weighted by Crippen LogP contribution is 2.13. The summed E-state index contributed by atoms with van der Waals surface area (Å²) in [7, 11) is 0. The van der Waals surface area contributed by atoms with E-state index in [4.69, 9.17) is 12.2 Å². The molecule has 0 spiro atoms. The van der Waals surface area contributed by atoms with Crippen LogP contribution in [0.1, 0.15) is 22.5 Å². The number of guanidine groups is 1. The average molecular weight is 437 g/mol. The van der Waals surface area contributed by atoms with Crippen molar-refractivity contribution in [3.63, 3.8) is 0 Å². The maximum Gasteiger partial charge on any atom is 0.229 e. The Kier molecular flexibility index (Phi) is 7.61. The number of aryl methyl sites for hydroxylation is 3. The Balaban J connectivity index is 1.73. The highest BCUT2D eigenvalue weighted by Gasteiger charge is 2.08. The summed E-state index contributed by atoms with van der Waals surface area (Å²) in [5.41, 5.74) is 4.68. The van der Waals surface area contributed by atoms with Crippen LogP contribution in [0.15, 0.2) is 59.6 Å². The summed E-state index contributed by atoms with van der Waals surface area (Å²) in [4.78, 5) is 13.4. The van der Waals surface area contributed by atoms with Crippen molar-refractivity contribution in [2.45, 2.75) is 27.2 Å². The van der Waals surface area contributed by atoms with E-state index < -0.39 is 0 Å². The van der Waals surface area contributed by atoms with Crippen LogP contribution in [0.4, 0.5) is 16.0 Å². The van der Waals surface area contributed by atoms with Gasteiger partial charge in [-0.1, -0.05) is 30.3 Å². The fraction of sp³-hybridized carbons (Fsp3) is 0.217. The van der Waals surface area contributed by atoms with Gasteiger partial charge in [-0.3, -0.25) is 10.3 Å². The second-order valence-corrected chi connectivity index (χ2v) is 7.51. The van der Waals surface area contributed by atoms with Crippen molar-refractivity contribution in [1.29, 1.82) is 0 Å². The number of nitrogens with zero attached hydrogens (tertiary/aromatic N) is 3. The molecule has 0 atom stereocenters. The number of para-hydroxylation sites is 1. The van der Waals surface area contributed by atoms with Crippen LogP contribution in [0.3, 0.4) is 0 Å². The molecule has 160 valence electrons. The fourth-order valence-corrected chi connectivity index (χ4v) is 3.13. The second-order valence-electron chi connectivity index (χ2n) is 7.10. The Labute approximate surface area is 187 Å². The number of hydrogen-bond donors (Lipinski definition) is 3. The van der Waals surface area contributed by atoms with Crippen molar-refractivity contribution in [3.05, 3.63) is 82.9 Å². The Morgan fingerprint density at radius 2 is 1.65 bits per heavy atom. The summed E-state index contributed by atoms with van der Waals surface area (Å²) < 4.78 is 13.1. The maximum absolute atomic E-state index is 13.1. The summed E-state index contributed by atoms with van der Waals surface area (Å²) in [6.45, 7) is 6.29. The summed E-state index contributed by atoms with van der Waals surface area (Å²) in [6.07, 6.45) is 0.652. The van der Waals surface area contributed by atoms with E-state index in [2.05, 4.69) is 30.9 Å². The van der Waals surface area contributed by atoms with E-state index in [1.165, 1.54) is 12.1 Å². The number of aromatic nitrogens is 2. The number of aliphatic imine (C=N–C) groups is 1. The quantitative estimate of drug-likeness (QED) is 0.310. The van der Waals surface area contributed by atoms with Gasteiger partial charge >= 0.3 is 0 Å². The van der Waals surface area contributed by atoms with Crippen molar-refractivity contribution in [2.24, 2.45) is 4.99 Å². The van der Waals surface area contributed by atoms with E-state index in [-0.39, 0.29) is 5.82 Å². The molecular formula is C23H25FN6S. The number of thiocarbonyl (C=S) groups is 1. The van der Waals surface area contributed by atoms with Gasteiger partial charge in [0.15, 0.2) is 5.11 Å². The van der Waals surface area contributed by atoms with Crippen molar-refractivity contribution >= 4 is 34.9 Å². The van der Waals surface area contributed by atoms with E-state index in [0.717, 1.165) is 28.2 Å². The zero-order chi connectivity index (χ0) is 22.2. The largest absolute Gasteiger partial charge is 0.332 e. The van der Waals surface area contributed by atoms with E-state index in [1.54, 1.807) is 12.1 Å². The van der Waals surface area contributed by atoms with Crippen molar-refractivity contribution in [1.82, 2.24) is 15.3 Å². The predicted octanol–water partition coefficient (Wildman–Crippen LogP) is 4.54. The standard InChI is InChI=1S/C23H25FN6S/c1-15-6-4-5-7-20(15)28-23(31)30-21(29-22-26-16(2)14-17(3)27-22)25-13-12-18-8-10-19(24)11-9-18/h4-11,14H,12-13H2,1-3H3,(H3,25,26,27,28,29,30,31). The summed E-state index contributed by atoms with van der Waals surface area (Å²) in [5.74, 6) is 0.610. The molecule has 8 heteroatoms. The van der Waals surface area contributed by atoms with Crippen LogP contribution in [-0.4, -0.2) is 27.6 Å². The first-order valence-electron chi connectivity index (χ1n) is 9.91. The van der Waals surface area contributed by atoms with Gasteiger partial charge in [-0.05, 0) is 74.8 Å². The molecule has 0 saturated carbocycles. The SMILES string of the molecule is Cc1cc(C)nc(NC(=NCCc2ccc(F)cc2)NC(=S)Nc2ccccc2C)n1. The van der Waals surface area contributed by atoms with Crippen LogP contribution >= 0.6 is 12.2 Å². The topological polar surface area (TPSA) is 74.2 Å². The molecule has 0 fully saturated rings. The minimum atomic E-state index is -0.254. The molecule has 1 aromatic heterocycles. The third-order valence-corrected chi connectivity index (χ3v) is 4.63. The lowest BCUT2D eigenvalue weighted by molar-refractivity contribution is 0.627. The van der Waals surface area contributed by atoms with Crippen LogP contribution in [0.2, 0.25) is 0 Å². The molecule has 31 heavy (non-hydrogen) atoms. The van der Waals surface area contributed by atoms with Gasteiger partial charge in [-0.25, -0.2) is 14.4 Å². The molecule has 3 aromatic rings. The number of rotatable bonds is 5. The Morgan fingerprint density at radius 3 is 2.32 bits per heavy atom. The van der Waals surface area contributed by atoms with Crippen LogP contribution in [-0.2, 0) is 6.42 Å². The normalized spacial score (nSPS) is 11.2. The van der Waals surface area contributed by atoms with Gasteiger partial charge in [-0.2, -0.15) is 0 Å². The van der Waals surface area contributed by atoms with Crippen molar-refractivity contribution < 1.29 is 4.39 Å². The van der Waals surface area contributed by atoms with Gasteiger partial charge in [0.1, 0.15) is 5.82 Å². The molecule has 0 aliphatic rings. The van der Waals surface area contributed by atoms with E-state index in [9.17, 15) is 4.39 Å². The van der Waals surface area contributed by atoms with Gasteiger partial charge in [0.05, 0.1) is 0 Å². The zero-order valence-electron chi connectivity index (χ0n) is 17.7. The summed E-state index contributed by atoms with van der Waals surface area (Å²) in [6, 6.07) is 16.2. The average Bonchev–Trinajstić information content (AvgIpc) is 2.70. The molecule has 0 unspecified atom stereocenters. The van der Waals surface area contributed by atoms with Gasteiger partial charge in [0.25, 0.3) is 0 Å². The summed E-state index contributed by atoms with van der Waals surface area (Å²) >= 11 is 5.47. The third kappa shape index (κ3) is 7.11. The number of halogens is 1. The maximum atomic E-state index is 13.1. The van der Waals surface area contributed by atoms with E-state index in [0.29, 0.717) is 30.0 Å². The lowest BCUT2D eigenvalue weighted by atomic mass is 10.1. The number of hydrogen-bond acceptors (Lipinski definition) is 4. The smallest absolute Gasteiger partial charge is 0.229 e. The molecule has 0 amide bonds. The Bertz CT molecular complexity index is 1060. The molecule has 0 saturated heterocycles. The minimum Gasteiger partial charge on any atom is -0.332 e. The zero-order valence-corrected chi connectivity index (χ0v) is 18.6. The van der Waals surface area contributed by atoms with Crippen LogP contribution in [0.25, 0.3) is 0 Å². The predicted molar refractivity (Wildman–Crippen MR) is 128 cm³/mol. The van der Waals surface area contributed by atoms with Crippen LogP contribution in [0, 0.1) is 26.6 Å². The van der Waals surface area contributed by atoms with Crippen LogP contribution < -0.4 is 16.0 Å². The molecule has 0 aliphatic heterocycles. The van der Waals surface area contributed by atoms with Gasteiger partial charge < -0.3 is 10.6 Å². The van der Waals surface area contributed by atoms with Gasteiger partial charge in [0.2, 0.25) is 11.9 Å². The molecule has 1 heterocycles. The first-order valence-corrected chi connectivity index (χ1v) is 10.3. The minimum absolute atomic E-state index is 0.254. The molecule has 3 N–H and O–H groups in total. The first kappa shape index (κ1) is 22.3. The van der Waals surface area contributed by atoms with Crippen molar-refractivity contribution in [2.75, 3.05) is 17.2 Å². The fourth-order valence-electron chi connectivity index (χ4n) is 2.92. The number of nitrogens with one attached hydrogen (secondary N) is 3. The second kappa shape index (κ2) is 10.6. The number of benzene rings is 2. The Morgan fingerprint density at radius 1 is 0.968 bits per heavy atom. The Hall–Kier alpha value is -3.39. The number of anilines is 2. The monoisotopic (exact) mass is 436 g/mol. The molecule has 2 aromatic carbocycles. The van der Waals surface area contributed by atoms with Gasteiger partial charge in [-0.15, -0.1) is 0 Å². The molecule has 0 radical (unpaired) electrons. The highest BCUT2D eigenvalue weighted by molar-refractivity contribution is 7.80. The molecule has 0 bridgehead atoms. The lowest BCUT2D eigenvalue weighted by Gasteiger charge is -2.15. The molecule has 6 nitrogen and oxygen atoms in total. The van der Waals surface area contributed by atoms with Crippen molar-refractivity contribution in [3.8, 4) is 0 Å². The highest BCUT2D eigenvalue weighted by atomic mass is 32.1. The third-order valence-electron chi connectivity index (χ3n) is 4.42. The van der Waals surface area contributed by atoms with E-state index in [1.807, 2.05) is 51.1 Å². The lowest BCUT2D eigenvalue weighted by Crippen LogP contribution is -2.39. The van der Waals surface area contributed by atoms with Gasteiger partial charge in [0, 0.05) is 23.6 Å². The summed E-state index contributed by atoms with van der Waals surface area (Å²) in [5, 5.41) is 9.79. The molecule has 3 rings (SSSR count). The molecular weight excluding hydrogens is 411 g/mol. The molecule has 0 aliphatic carbocycles.